The molecule has 0 aliphatic rings. The van der Waals surface area contributed by atoms with Gasteiger partial charge in [-0.25, -0.2) is 0 Å². The van der Waals surface area contributed by atoms with Crippen molar-refractivity contribution >= 4 is 11.9 Å². The maximum atomic E-state index is 8.78. The van der Waals surface area contributed by atoms with E-state index in [0.717, 1.165) is 18.8 Å². The Morgan fingerprint density at radius 3 is 2.42 bits per heavy atom. The molecule has 2 rings (SSSR count). The third-order valence-electron chi connectivity index (χ3n) is 2.91. The molecule has 1 heterocycles. The highest BCUT2D eigenvalue weighted by Gasteiger charge is 2.12. The fraction of sp³-hybridized carbons (Fsp3) is 0.308. The first-order chi connectivity index (χ1) is 9.19. The van der Waals surface area contributed by atoms with Crippen molar-refractivity contribution in [2.75, 3.05) is 23.7 Å². The monoisotopic (exact) mass is 256 g/mol. The molecule has 2 aromatic rings. The van der Waals surface area contributed by atoms with Crippen molar-refractivity contribution in [2.45, 2.75) is 13.8 Å². The second kappa shape index (κ2) is 5.40. The zero-order chi connectivity index (χ0) is 13.8. The van der Waals surface area contributed by atoms with Crippen LogP contribution in [0.2, 0.25) is 0 Å². The van der Waals surface area contributed by atoms with E-state index in [4.69, 9.17) is 11.0 Å². The van der Waals surface area contributed by atoms with Crippen LogP contribution in [0.15, 0.2) is 24.3 Å². The summed E-state index contributed by atoms with van der Waals surface area (Å²) < 4.78 is 1.58. The van der Waals surface area contributed by atoms with Crippen LogP contribution in [0.1, 0.15) is 19.4 Å². The molecule has 6 heteroatoms. The maximum Gasteiger partial charge on any atom is 0.246 e. The van der Waals surface area contributed by atoms with Gasteiger partial charge in [-0.05, 0) is 38.1 Å². The number of nitriles is 1. The predicted octanol–water partition coefficient (Wildman–Crippen LogP) is 1.57. The first-order valence-corrected chi connectivity index (χ1v) is 6.17. The lowest BCUT2D eigenvalue weighted by molar-refractivity contribution is 0.802. The van der Waals surface area contributed by atoms with Gasteiger partial charge in [-0.2, -0.15) is 14.9 Å². The normalized spacial score (nSPS) is 10.2. The Hall–Kier alpha value is -2.55. The second-order valence-corrected chi connectivity index (χ2v) is 4.01. The Morgan fingerprint density at radius 1 is 1.26 bits per heavy atom. The molecule has 0 saturated heterocycles. The largest absolute Gasteiger partial charge is 0.368 e. The van der Waals surface area contributed by atoms with E-state index in [2.05, 4.69) is 16.2 Å². The molecule has 0 bridgehead atoms. The van der Waals surface area contributed by atoms with Gasteiger partial charge in [-0.15, -0.1) is 5.10 Å². The summed E-state index contributed by atoms with van der Waals surface area (Å²) >= 11 is 0. The third kappa shape index (κ3) is 2.50. The molecule has 0 saturated carbocycles. The number of aromatic nitrogens is 3. The van der Waals surface area contributed by atoms with Crippen LogP contribution in [-0.2, 0) is 0 Å². The zero-order valence-electron chi connectivity index (χ0n) is 11.0. The number of benzene rings is 1. The van der Waals surface area contributed by atoms with Crippen LogP contribution in [-0.4, -0.2) is 27.9 Å². The number of hydrogen-bond acceptors (Lipinski definition) is 5. The molecule has 2 N–H and O–H groups in total. The van der Waals surface area contributed by atoms with E-state index >= 15 is 0 Å². The topological polar surface area (TPSA) is 83.8 Å². The van der Waals surface area contributed by atoms with Crippen LogP contribution in [0.25, 0.3) is 5.69 Å². The van der Waals surface area contributed by atoms with Crippen molar-refractivity contribution in [3.8, 4) is 11.8 Å². The van der Waals surface area contributed by atoms with Gasteiger partial charge in [-0.1, -0.05) is 0 Å². The van der Waals surface area contributed by atoms with E-state index in [-0.39, 0.29) is 0 Å². The van der Waals surface area contributed by atoms with Crippen molar-refractivity contribution in [3.05, 3.63) is 29.8 Å². The van der Waals surface area contributed by atoms with Gasteiger partial charge in [0.1, 0.15) is 0 Å². The van der Waals surface area contributed by atoms with Crippen LogP contribution in [0, 0.1) is 11.3 Å². The summed E-state index contributed by atoms with van der Waals surface area (Å²) in [5, 5.41) is 13.2. The maximum absolute atomic E-state index is 8.78. The van der Waals surface area contributed by atoms with Gasteiger partial charge in [0.15, 0.2) is 0 Å². The highest BCUT2D eigenvalue weighted by molar-refractivity contribution is 5.45. The SMILES string of the molecule is CCN(CC)c1nc(N)n(-c2ccc(C#N)cc2)n1. The molecule has 0 unspecified atom stereocenters. The highest BCUT2D eigenvalue weighted by Crippen LogP contribution is 2.16. The number of nitrogens with zero attached hydrogens (tertiary/aromatic N) is 5. The number of nitrogens with two attached hydrogens (primary N) is 1. The van der Waals surface area contributed by atoms with E-state index in [9.17, 15) is 0 Å². The molecule has 0 amide bonds. The summed E-state index contributed by atoms with van der Waals surface area (Å²) in [5.74, 6) is 0.957. The van der Waals surface area contributed by atoms with Gasteiger partial charge in [0.05, 0.1) is 17.3 Å². The number of hydrogen-bond donors (Lipinski definition) is 1. The zero-order valence-corrected chi connectivity index (χ0v) is 11.0. The molecule has 0 radical (unpaired) electrons. The van der Waals surface area contributed by atoms with Gasteiger partial charge < -0.3 is 10.6 Å². The first kappa shape index (κ1) is 12.9. The van der Waals surface area contributed by atoms with Gasteiger partial charge in [-0.3, -0.25) is 0 Å². The molecule has 0 atom stereocenters. The molecule has 1 aromatic carbocycles. The lowest BCUT2D eigenvalue weighted by atomic mass is 10.2. The van der Waals surface area contributed by atoms with Crippen LogP contribution in [0.4, 0.5) is 11.9 Å². The first-order valence-electron chi connectivity index (χ1n) is 6.17. The standard InChI is InChI=1S/C13H16N6/c1-3-18(4-2)13-16-12(15)19(17-13)11-7-5-10(9-14)6-8-11/h5-8H,3-4H2,1-2H3,(H2,15,16,17). The minimum atomic E-state index is 0.339. The van der Waals surface area contributed by atoms with Crippen molar-refractivity contribution in [1.29, 1.82) is 5.26 Å². The van der Waals surface area contributed by atoms with Crippen molar-refractivity contribution < 1.29 is 0 Å². The van der Waals surface area contributed by atoms with Crippen molar-refractivity contribution in [1.82, 2.24) is 14.8 Å². The quantitative estimate of drug-likeness (QED) is 0.897. The summed E-state index contributed by atoms with van der Waals surface area (Å²) in [5.41, 5.74) is 7.29. The van der Waals surface area contributed by atoms with Gasteiger partial charge in [0.2, 0.25) is 11.9 Å². The Labute approximate surface area is 112 Å². The summed E-state index contributed by atoms with van der Waals surface area (Å²) in [7, 11) is 0. The Balaban J connectivity index is 2.37. The summed E-state index contributed by atoms with van der Waals surface area (Å²) in [6, 6.07) is 9.14. The molecule has 0 aliphatic heterocycles. The van der Waals surface area contributed by atoms with Crippen LogP contribution >= 0.6 is 0 Å². The van der Waals surface area contributed by atoms with Crippen molar-refractivity contribution in [3.63, 3.8) is 0 Å². The average molecular weight is 256 g/mol. The molecular weight excluding hydrogens is 240 g/mol. The summed E-state index contributed by atoms with van der Waals surface area (Å²) in [6.07, 6.45) is 0. The van der Waals surface area contributed by atoms with Gasteiger partial charge in [0.25, 0.3) is 0 Å². The van der Waals surface area contributed by atoms with Crippen LogP contribution < -0.4 is 10.6 Å². The van der Waals surface area contributed by atoms with Crippen LogP contribution in [0.3, 0.4) is 0 Å². The van der Waals surface area contributed by atoms with E-state index in [0.29, 0.717) is 17.5 Å². The van der Waals surface area contributed by atoms with Crippen molar-refractivity contribution in [2.24, 2.45) is 0 Å². The van der Waals surface area contributed by atoms with E-state index in [1.807, 2.05) is 18.7 Å². The molecule has 1 aromatic heterocycles. The second-order valence-electron chi connectivity index (χ2n) is 4.01. The predicted molar refractivity (Wildman–Crippen MR) is 74.0 cm³/mol. The highest BCUT2D eigenvalue weighted by atomic mass is 15.4. The smallest absolute Gasteiger partial charge is 0.246 e. The fourth-order valence-electron chi connectivity index (χ4n) is 1.82. The summed E-state index contributed by atoms with van der Waals surface area (Å²) in [4.78, 5) is 6.29. The number of anilines is 2. The lowest BCUT2D eigenvalue weighted by Gasteiger charge is -2.15. The van der Waals surface area contributed by atoms with Gasteiger partial charge in [0, 0.05) is 13.1 Å². The minimum absolute atomic E-state index is 0.339. The summed E-state index contributed by atoms with van der Waals surface area (Å²) in [6.45, 7) is 5.74. The Morgan fingerprint density at radius 2 is 1.89 bits per heavy atom. The average Bonchev–Trinajstić information content (AvgIpc) is 2.82. The molecule has 0 spiro atoms. The molecular formula is C13H16N6. The Kier molecular flexibility index (Phi) is 3.66. The fourth-order valence-corrected chi connectivity index (χ4v) is 1.82. The molecule has 0 fully saturated rings. The molecule has 98 valence electrons. The van der Waals surface area contributed by atoms with Gasteiger partial charge >= 0.3 is 0 Å². The number of nitrogen functional groups attached to an aromatic ring is 1. The number of rotatable bonds is 4. The van der Waals surface area contributed by atoms with Crippen LogP contribution in [0.5, 0.6) is 0 Å². The minimum Gasteiger partial charge on any atom is -0.368 e. The molecule has 6 nitrogen and oxygen atoms in total. The lowest BCUT2D eigenvalue weighted by Crippen LogP contribution is -2.23. The Bertz CT molecular complexity index is 589. The van der Waals surface area contributed by atoms with E-state index in [1.165, 1.54) is 0 Å². The third-order valence-corrected chi connectivity index (χ3v) is 2.91. The van der Waals surface area contributed by atoms with E-state index < -0.39 is 0 Å². The van der Waals surface area contributed by atoms with E-state index in [1.54, 1.807) is 28.9 Å². The molecule has 0 aliphatic carbocycles. The molecule has 19 heavy (non-hydrogen) atoms.